The minimum atomic E-state index is -0.846. The van der Waals surface area contributed by atoms with E-state index in [9.17, 15) is 9.90 Å². The van der Waals surface area contributed by atoms with E-state index >= 15 is 0 Å². The van der Waals surface area contributed by atoms with Crippen molar-refractivity contribution in [2.75, 3.05) is 6.79 Å². The van der Waals surface area contributed by atoms with E-state index in [-0.39, 0.29) is 6.79 Å². The van der Waals surface area contributed by atoms with Gasteiger partial charge >= 0.3 is 5.97 Å². The topological polar surface area (TPSA) is 55.8 Å². The number of aliphatic carboxylic acids is 1. The Morgan fingerprint density at radius 3 is 2.63 bits per heavy atom. The molecule has 1 aromatic rings. The number of fused-ring (bicyclic) bond motifs is 1. The summed E-state index contributed by atoms with van der Waals surface area (Å²) in [5.41, 5.74) is 1.04. The molecule has 4 nitrogen and oxygen atoms in total. The molecule has 0 unspecified atom stereocenters. The second-order valence-corrected chi connectivity index (χ2v) is 5.69. The molecule has 2 rings (SSSR count). The van der Waals surface area contributed by atoms with E-state index < -0.39 is 11.4 Å². The largest absolute Gasteiger partial charge is 0.481 e. The second kappa shape index (κ2) is 4.93. The number of hydrogen-bond donors (Lipinski definition) is 1. The predicted octanol–water partition coefficient (Wildman–Crippen LogP) is 3.28. The summed E-state index contributed by atoms with van der Waals surface area (Å²) in [4.78, 5) is 11.3. The van der Waals surface area contributed by atoms with Gasteiger partial charge < -0.3 is 14.6 Å². The molecule has 1 aliphatic heterocycles. The summed E-state index contributed by atoms with van der Waals surface area (Å²) in [6.45, 7) is 5.57. The van der Waals surface area contributed by atoms with Gasteiger partial charge in [-0.2, -0.15) is 0 Å². The Balaban J connectivity index is 2.47. The lowest BCUT2D eigenvalue weighted by Crippen LogP contribution is -2.26. The van der Waals surface area contributed by atoms with E-state index in [2.05, 4.69) is 0 Å². The fourth-order valence-electron chi connectivity index (χ4n) is 2.23. The van der Waals surface area contributed by atoms with E-state index in [0.717, 1.165) is 17.5 Å². The normalized spacial score (nSPS) is 13.7. The Bertz CT molecular complexity index is 523. The van der Waals surface area contributed by atoms with Gasteiger partial charge in [-0.25, -0.2) is 0 Å². The number of rotatable bonds is 4. The monoisotopic (exact) mass is 284 g/mol. The molecule has 0 spiro atoms. The summed E-state index contributed by atoms with van der Waals surface area (Å²) in [7, 11) is 0. The van der Waals surface area contributed by atoms with Crippen LogP contribution < -0.4 is 9.47 Å². The van der Waals surface area contributed by atoms with Crippen molar-refractivity contribution in [3.8, 4) is 11.5 Å². The maximum absolute atomic E-state index is 11.3. The molecule has 1 aromatic carbocycles. The van der Waals surface area contributed by atoms with Gasteiger partial charge in [0.2, 0.25) is 6.79 Å². The highest BCUT2D eigenvalue weighted by Crippen LogP contribution is 2.44. The van der Waals surface area contributed by atoms with Gasteiger partial charge in [0, 0.05) is 5.56 Å². The molecule has 0 atom stereocenters. The van der Waals surface area contributed by atoms with Gasteiger partial charge in [0.05, 0.1) is 10.4 Å². The zero-order valence-corrected chi connectivity index (χ0v) is 12.0. The molecule has 1 N–H and O–H groups in total. The molecule has 19 heavy (non-hydrogen) atoms. The van der Waals surface area contributed by atoms with Crippen LogP contribution in [0.25, 0.3) is 0 Å². The maximum Gasteiger partial charge on any atom is 0.309 e. The molecule has 1 aliphatic rings. The minimum absolute atomic E-state index is 0.161. The number of hydrogen-bond acceptors (Lipinski definition) is 3. The van der Waals surface area contributed by atoms with Crippen LogP contribution in [-0.2, 0) is 17.6 Å². The average molecular weight is 285 g/mol. The number of carboxylic acids is 1. The number of halogens is 1. The SMILES string of the molecule is CCc1c(CC(C)(C)C(=O)O)cc(Cl)c2c1OCO2. The first-order valence-corrected chi connectivity index (χ1v) is 6.58. The average Bonchev–Trinajstić information content (AvgIpc) is 2.78. The molecule has 0 saturated carbocycles. The van der Waals surface area contributed by atoms with Crippen molar-refractivity contribution < 1.29 is 19.4 Å². The predicted molar refractivity (Wildman–Crippen MR) is 72.1 cm³/mol. The standard InChI is InChI=1S/C14H17ClO4/c1-4-9-8(6-14(2,3)13(16)17)5-10(15)12-11(9)18-7-19-12/h5H,4,6-7H2,1-3H3,(H,16,17). The van der Waals surface area contributed by atoms with Crippen LogP contribution in [0.4, 0.5) is 0 Å². The van der Waals surface area contributed by atoms with Crippen molar-refractivity contribution in [3.63, 3.8) is 0 Å². The third-order valence-electron chi connectivity index (χ3n) is 3.36. The summed E-state index contributed by atoms with van der Waals surface area (Å²) in [6, 6.07) is 1.79. The van der Waals surface area contributed by atoms with Crippen LogP contribution in [0.2, 0.25) is 5.02 Å². The molecule has 1 heterocycles. The van der Waals surface area contributed by atoms with E-state index in [1.165, 1.54) is 0 Å². The van der Waals surface area contributed by atoms with E-state index in [1.807, 2.05) is 6.92 Å². The second-order valence-electron chi connectivity index (χ2n) is 5.28. The Kier molecular flexibility index (Phi) is 3.63. The van der Waals surface area contributed by atoms with Crippen LogP contribution >= 0.6 is 11.6 Å². The van der Waals surface area contributed by atoms with Crippen LogP contribution in [0.3, 0.4) is 0 Å². The summed E-state index contributed by atoms with van der Waals surface area (Å²) >= 11 is 6.16. The summed E-state index contributed by atoms with van der Waals surface area (Å²) < 4.78 is 10.8. The fraction of sp³-hybridized carbons (Fsp3) is 0.500. The molecular formula is C14H17ClO4. The number of carboxylic acid groups (broad SMARTS) is 1. The number of carbonyl (C=O) groups is 1. The van der Waals surface area contributed by atoms with Gasteiger partial charge in [-0.1, -0.05) is 18.5 Å². The summed E-state index contributed by atoms with van der Waals surface area (Å²) in [6.07, 6.45) is 1.15. The third-order valence-corrected chi connectivity index (χ3v) is 3.64. The Morgan fingerprint density at radius 2 is 2.05 bits per heavy atom. The van der Waals surface area contributed by atoms with Gasteiger partial charge in [0.15, 0.2) is 11.5 Å². The fourth-order valence-corrected chi connectivity index (χ4v) is 2.50. The lowest BCUT2D eigenvalue weighted by molar-refractivity contribution is -0.146. The van der Waals surface area contributed by atoms with E-state index in [4.69, 9.17) is 21.1 Å². The first-order valence-electron chi connectivity index (χ1n) is 6.20. The molecule has 0 bridgehead atoms. The van der Waals surface area contributed by atoms with Crippen LogP contribution in [0.15, 0.2) is 6.07 Å². The molecule has 0 saturated heterocycles. The highest BCUT2D eigenvalue weighted by molar-refractivity contribution is 6.32. The first-order chi connectivity index (χ1) is 8.86. The molecule has 5 heteroatoms. The minimum Gasteiger partial charge on any atom is -0.481 e. The zero-order valence-electron chi connectivity index (χ0n) is 11.2. The van der Waals surface area contributed by atoms with Crippen molar-refractivity contribution in [1.82, 2.24) is 0 Å². The van der Waals surface area contributed by atoms with E-state index in [0.29, 0.717) is 22.9 Å². The highest BCUT2D eigenvalue weighted by Gasteiger charge is 2.31. The quantitative estimate of drug-likeness (QED) is 0.922. The summed E-state index contributed by atoms with van der Waals surface area (Å²) in [5, 5.41) is 9.71. The third kappa shape index (κ3) is 2.50. The van der Waals surface area contributed by atoms with Crippen molar-refractivity contribution in [2.45, 2.75) is 33.6 Å². The summed E-state index contributed by atoms with van der Waals surface area (Å²) in [5.74, 6) is 0.393. The smallest absolute Gasteiger partial charge is 0.309 e. The van der Waals surface area contributed by atoms with Crippen molar-refractivity contribution in [2.24, 2.45) is 5.41 Å². The Hall–Kier alpha value is -1.42. The van der Waals surface area contributed by atoms with Crippen LogP contribution in [-0.4, -0.2) is 17.9 Å². The lowest BCUT2D eigenvalue weighted by atomic mass is 9.83. The number of ether oxygens (including phenoxy) is 2. The van der Waals surface area contributed by atoms with Gasteiger partial charge in [-0.15, -0.1) is 0 Å². The molecule has 0 fully saturated rings. The van der Waals surface area contributed by atoms with Crippen LogP contribution in [0.1, 0.15) is 31.9 Å². The first kappa shape index (κ1) is 14.0. The number of benzene rings is 1. The maximum atomic E-state index is 11.3. The van der Waals surface area contributed by atoms with Crippen LogP contribution in [0.5, 0.6) is 11.5 Å². The molecular weight excluding hydrogens is 268 g/mol. The molecule has 0 aromatic heterocycles. The molecule has 104 valence electrons. The van der Waals surface area contributed by atoms with Gasteiger partial charge in [-0.3, -0.25) is 4.79 Å². The molecule has 0 radical (unpaired) electrons. The van der Waals surface area contributed by atoms with Crippen molar-refractivity contribution in [3.05, 3.63) is 22.2 Å². The zero-order chi connectivity index (χ0) is 14.2. The van der Waals surface area contributed by atoms with Crippen LogP contribution in [0, 0.1) is 5.41 Å². The van der Waals surface area contributed by atoms with E-state index in [1.54, 1.807) is 19.9 Å². The van der Waals surface area contributed by atoms with Crippen molar-refractivity contribution in [1.29, 1.82) is 0 Å². The Labute approximate surface area is 117 Å². The van der Waals surface area contributed by atoms with Gasteiger partial charge in [0.25, 0.3) is 0 Å². The van der Waals surface area contributed by atoms with Crippen molar-refractivity contribution >= 4 is 17.6 Å². The van der Waals surface area contributed by atoms with Gasteiger partial charge in [0.1, 0.15) is 0 Å². The van der Waals surface area contributed by atoms with Gasteiger partial charge in [-0.05, 0) is 38.3 Å². The molecule has 0 aliphatic carbocycles. The Morgan fingerprint density at radius 1 is 1.42 bits per heavy atom. The molecule has 0 amide bonds. The highest BCUT2D eigenvalue weighted by atomic mass is 35.5. The lowest BCUT2D eigenvalue weighted by Gasteiger charge is -2.21.